The zero-order valence-electron chi connectivity index (χ0n) is 20.2. The molecule has 0 unspecified atom stereocenters. The van der Waals surface area contributed by atoms with Gasteiger partial charge in [-0.3, -0.25) is 19.0 Å². The monoisotopic (exact) mass is 482 g/mol. The van der Waals surface area contributed by atoms with Gasteiger partial charge in [-0.05, 0) is 75.7 Å². The van der Waals surface area contributed by atoms with Gasteiger partial charge in [0.1, 0.15) is 4.83 Å². The molecule has 2 amide bonds. The molecule has 0 radical (unpaired) electrons. The Labute approximate surface area is 204 Å². The van der Waals surface area contributed by atoms with Gasteiger partial charge in [0.05, 0.1) is 17.1 Å². The van der Waals surface area contributed by atoms with Gasteiger partial charge in [-0.2, -0.15) is 0 Å². The summed E-state index contributed by atoms with van der Waals surface area (Å²) in [5, 5.41) is 0.675. The number of nitrogens with zero attached hydrogens (tertiary/aromatic N) is 4. The Morgan fingerprint density at radius 1 is 1.00 bits per heavy atom. The van der Waals surface area contributed by atoms with Gasteiger partial charge in [-0.1, -0.05) is 0 Å². The number of aryl methyl sites for hydroxylation is 3. The van der Waals surface area contributed by atoms with Crippen LogP contribution < -0.4 is 5.56 Å². The zero-order valence-corrected chi connectivity index (χ0v) is 21.0. The van der Waals surface area contributed by atoms with Crippen molar-refractivity contribution in [2.24, 2.45) is 23.2 Å². The summed E-state index contributed by atoms with van der Waals surface area (Å²) in [6, 6.07) is 0. The molecular weight excluding hydrogens is 448 g/mol. The van der Waals surface area contributed by atoms with E-state index in [9.17, 15) is 14.4 Å². The first-order chi connectivity index (χ1) is 16.3. The van der Waals surface area contributed by atoms with Crippen molar-refractivity contribution >= 4 is 33.4 Å². The smallest absolute Gasteiger partial charge is 0.262 e. The van der Waals surface area contributed by atoms with Gasteiger partial charge >= 0.3 is 0 Å². The number of aromatic nitrogens is 2. The Morgan fingerprint density at radius 2 is 1.59 bits per heavy atom. The topological polar surface area (TPSA) is 75.5 Å². The Hall–Kier alpha value is -2.22. The van der Waals surface area contributed by atoms with E-state index >= 15 is 0 Å². The molecule has 7 rings (SSSR count). The van der Waals surface area contributed by atoms with Crippen molar-refractivity contribution in [3.8, 4) is 0 Å². The van der Waals surface area contributed by atoms with E-state index in [0.29, 0.717) is 44.0 Å². The average molecular weight is 483 g/mol. The van der Waals surface area contributed by atoms with Gasteiger partial charge in [0, 0.05) is 44.0 Å². The highest BCUT2D eigenvalue weighted by Gasteiger charge is 2.55. The van der Waals surface area contributed by atoms with Crippen LogP contribution in [-0.4, -0.2) is 57.3 Å². The molecule has 2 aromatic rings. The fourth-order valence-corrected chi connectivity index (χ4v) is 8.66. The fourth-order valence-electron chi connectivity index (χ4n) is 7.67. The molecule has 5 fully saturated rings. The van der Waals surface area contributed by atoms with Crippen LogP contribution in [0.2, 0.25) is 0 Å². The highest BCUT2D eigenvalue weighted by atomic mass is 32.1. The molecule has 7 nitrogen and oxygen atoms in total. The number of hydrogen-bond donors (Lipinski definition) is 0. The lowest BCUT2D eigenvalue weighted by Gasteiger charge is -2.57. The summed E-state index contributed by atoms with van der Waals surface area (Å²) in [6.07, 6.45) is 9.13. The van der Waals surface area contributed by atoms with Crippen LogP contribution in [0.25, 0.3) is 10.2 Å². The number of amides is 2. The maximum absolute atomic E-state index is 13.6. The summed E-state index contributed by atoms with van der Waals surface area (Å²) < 4.78 is 1.56. The molecule has 4 aliphatic carbocycles. The first-order valence-corrected chi connectivity index (χ1v) is 13.7. The molecule has 4 bridgehead atoms. The first-order valence-electron chi connectivity index (χ1n) is 12.9. The molecule has 1 aliphatic heterocycles. The van der Waals surface area contributed by atoms with Gasteiger partial charge in [-0.15, -0.1) is 11.3 Å². The zero-order chi connectivity index (χ0) is 23.6. The van der Waals surface area contributed by atoms with Gasteiger partial charge in [0.2, 0.25) is 11.8 Å². The number of fused-ring (bicyclic) bond motifs is 1. The normalized spacial score (nSPS) is 30.4. The molecule has 8 heteroatoms. The van der Waals surface area contributed by atoms with E-state index in [1.807, 2.05) is 23.6 Å². The summed E-state index contributed by atoms with van der Waals surface area (Å²) in [4.78, 5) is 49.6. The van der Waals surface area contributed by atoms with E-state index < -0.39 is 0 Å². The van der Waals surface area contributed by atoms with Crippen LogP contribution in [0.1, 0.15) is 55.4 Å². The second-order valence-electron chi connectivity index (χ2n) is 11.3. The molecule has 5 aliphatic rings. The highest BCUT2D eigenvalue weighted by Crippen LogP contribution is 2.60. The third-order valence-corrected chi connectivity index (χ3v) is 10.2. The summed E-state index contributed by atoms with van der Waals surface area (Å²) in [5.41, 5.74) is 0.815. The van der Waals surface area contributed by atoms with Crippen LogP contribution in [0, 0.1) is 37.0 Å². The predicted octanol–water partition coefficient (Wildman–Crippen LogP) is 3.35. The minimum absolute atomic E-state index is 0.0483. The van der Waals surface area contributed by atoms with Crippen molar-refractivity contribution in [2.75, 3.05) is 26.2 Å². The number of piperazine rings is 1. The molecule has 1 saturated heterocycles. The van der Waals surface area contributed by atoms with E-state index in [-0.39, 0.29) is 23.3 Å². The second-order valence-corrected chi connectivity index (χ2v) is 12.5. The third-order valence-electron chi connectivity index (χ3n) is 9.13. The highest BCUT2D eigenvalue weighted by molar-refractivity contribution is 7.18. The number of carbonyl (C=O) groups excluding carboxylic acids is 2. The fraction of sp³-hybridized carbons (Fsp3) is 0.692. The Bertz CT molecular complexity index is 1170. The molecule has 0 atom stereocenters. The standard InChI is InChI=1S/C26H34N4O3S/c1-16-17(2)34-23-22(16)24(32)30(15-27-23)4-3-21(31)28-5-7-29(8-6-28)25(33)26-12-18-9-19(13-26)11-20(10-18)14-26/h15,18-20H,3-14H2,1-2H3. The maximum Gasteiger partial charge on any atom is 0.262 e. The Morgan fingerprint density at radius 3 is 2.21 bits per heavy atom. The van der Waals surface area contributed by atoms with Gasteiger partial charge in [0.25, 0.3) is 5.56 Å². The summed E-state index contributed by atoms with van der Waals surface area (Å²) in [5.74, 6) is 2.70. The largest absolute Gasteiger partial charge is 0.339 e. The summed E-state index contributed by atoms with van der Waals surface area (Å²) >= 11 is 1.54. The van der Waals surface area contributed by atoms with Crippen LogP contribution in [0.5, 0.6) is 0 Å². The minimum Gasteiger partial charge on any atom is -0.339 e. The van der Waals surface area contributed by atoms with Crippen molar-refractivity contribution < 1.29 is 9.59 Å². The van der Waals surface area contributed by atoms with Crippen molar-refractivity contribution in [1.29, 1.82) is 0 Å². The molecule has 34 heavy (non-hydrogen) atoms. The van der Waals surface area contributed by atoms with E-state index in [4.69, 9.17) is 0 Å². The van der Waals surface area contributed by atoms with Crippen molar-refractivity contribution in [3.63, 3.8) is 0 Å². The molecule has 4 saturated carbocycles. The first kappa shape index (κ1) is 22.3. The van der Waals surface area contributed by atoms with Crippen molar-refractivity contribution in [1.82, 2.24) is 19.4 Å². The van der Waals surface area contributed by atoms with Crippen LogP contribution in [0.4, 0.5) is 0 Å². The van der Waals surface area contributed by atoms with E-state index in [1.54, 1.807) is 10.9 Å². The lowest BCUT2D eigenvalue weighted by molar-refractivity contribution is -0.160. The molecule has 3 heterocycles. The van der Waals surface area contributed by atoms with E-state index in [0.717, 1.165) is 52.3 Å². The van der Waals surface area contributed by atoms with Crippen LogP contribution in [0.3, 0.4) is 0 Å². The Balaban J connectivity index is 1.06. The maximum atomic E-state index is 13.6. The third kappa shape index (κ3) is 3.60. The molecule has 0 spiro atoms. The Kier molecular flexibility index (Phi) is 5.35. The minimum atomic E-state index is -0.105. The lowest BCUT2D eigenvalue weighted by atomic mass is 9.49. The average Bonchev–Trinajstić information content (AvgIpc) is 3.11. The van der Waals surface area contributed by atoms with E-state index in [1.165, 1.54) is 30.6 Å². The summed E-state index contributed by atoms with van der Waals surface area (Å²) in [6.45, 7) is 6.74. The molecule has 0 aromatic carbocycles. The van der Waals surface area contributed by atoms with Crippen LogP contribution in [-0.2, 0) is 16.1 Å². The molecule has 2 aromatic heterocycles. The van der Waals surface area contributed by atoms with Crippen LogP contribution >= 0.6 is 11.3 Å². The van der Waals surface area contributed by atoms with Crippen LogP contribution in [0.15, 0.2) is 11.1 Å². The van der Waals surface area contributed by atoms with Gasteiger partial charge in [-0.25, -0.2) is 4.98 Å². The lowest BCUT2D eigenvalue weighted by Crippen LogP contribution is -2.58. The quantitative estimate of drug-likeness (QED) is 0.670. The second kappa shape index (κ2) is 8.18. The number of carbonyl (C=O) groups is 2. The van der Waals surface area contributed by atoms with Gasteiger partial charge < -0.3 is 9.80 Å². The van der Waals surface area contributed by atoms with Crippen molar-refractivity contribution in [2.45, 2.75) is 65.3 Å². The number of hydrogen-bond acceptors (Lipinski definition) is 5. The van der Waals surface area contributed by atoms with Gasteiger partial charge in [0.15, 0.2) is 0 Å². The number of rotatable bonds is 4. The summed E-state index contributed by atoms with van der Waals surface area (Å²) in [7, 11) is 0. The number of thiophene rings is 1. The predicted molar refractivity (Wildman–Crippen MR) is 132 cm³/mol. The molecular formula is C26H34N4O3S. The van der Waals surface area contributed by atoms with Crippen molar-refractivity contribution in [3.05, 3.63) is 27.1 Å². The SMILES string of the molecule is Cc1sc2ncn(CCC(=O)N3CCN(C(=O)C45CC6CC(CC(C6)C4)C5)CC3)c(=O)c2c1C. The van der Waals surface area contributed by atoms with E-state index in [2.05, 4.69) is 4.98 Å². The molecule has 0 N–H and O–H groups in total. The molecule has 182 valence electrons.